The molecule has 3 rings (SSSR count). The van der Waals surface area contributed by atoms with Crippen molar-refractivity contribution in [3.63, 3.8) is 0 Å². The molecule has 0 aromatic carbocycles. The number of hydrogen-bond donors (Lipinski definition) is 1. The molecule has 0 N–H and O–H groups in total. The van der Waals surface area contributed by atoms with Gasteiger partial charge >= 0.3 is 0 Å². The summed E-state index contributed by atoms with van der Waals surface area (Å²) in [6.07, 6.45) is 5.36. The summed E-state index contributed by atoms with van der Waals surface area (Å²) in [7, 11) is -0.108. The first-order chi connectivity index (χ1) is 11.8. The third-order valence-electron chi connectivity index (χ3n) is 4.79. The number of thiol groups is 1. The van der Waals surface area contributed by atoms with E-state index in [2.05, 4.69) is 75.1 Å². The van der Waals surface area contributed by atoms with E-state index in [1.807, 2.05) is 17.6 Å². The van der Waals surface area contributed by atoms with Crippen LogP contribution in [0.25, 0.3) is 0 Å². The van der Waals surface area contributed by atoms with Crippen molar-refractivity contribution in [1.82, 2.24) is 0 Å². The Labute approximate surface area is 159 Å². The van der Waals surface area contributed by atoms with Crippen LogP contribution in [0.3, 0.4) is 0 Å². The summed E-state index contributed by atoms with van der Waals surface area (Å²) in [5, 5.41) is 7.17. The van der Waals surface area contributed by atoms with Crippen molar-refractivity contribution in [2.24, 2.45) is 5.92 Å². The second-order valence-electron chi connectivity index (χ2n) is 8.23. The van der Waals surface area contributed by atoms with E-state index in [4.69, 9.17) is 4.42 Å². The number of furan rings is 1. The van der Waals surface area contributed by atoms with Gasteiger partial charge in [0.05, 0.1) is 6.26 Å². The summed E-state index contributed by atoms with van der Waals surface area (Å²) in [4.78, 5) is 1.51. The normalized spacial score (nSPS) is 21.3. The molecule has 25 heavy (non-hydrogen) atoms. The van der Waals surface area contributed by atoms with Gasteiger partial charge in [0.25, 0.3) is 0 Å². The molecular formula is C22H30OS2. The third kappa shape index (κ3) is 4.71. The summed E-state index contributed by atoms with van der Waals surface area (Å²) < 4.78 is 5.78. The molecule has 0 saturated heterocycles. The molecule has 0 spiro atoms. The molecule has 0 saturated carbocycles. The van der Waals surface area contributed by atoms with E-state index in [0.717, 1.165) is 12.2 Å². The molecule has 1 aliphatic rings. The second-order valence-corrected chi connectivity index (χ2v) is 11.2. The zero-order valence-corrected chi connectivity index (χ0v) is 17.7. The molecule has 3 heteroatoms. The molecule has 3 atom stereocenters. The van der Waals surface area contributed by atoms with Gasteiger partial charge in [0, 0.05) is 10.3 Å². The Morgan fingerprint density at radius 3 is 2.64 bits per heavy atom. The molecule has 3 heterocycles. The summed E-state index contributed by atoms with van der Waals surface area (Å²) >= 11 is 1.88. The third-order valence-corrected chi connectivity index (χ3v) is 8.03. The molecule has 0 aliphatic carbocycles. The minimum atomic E-state index is -0.108. The van der Waals surface area contributed by atoms with E-state index in [1.54, 1.807) is 0 Å². The Bertz CT molecular complexity index is 743. The van der Waals surface area contributed by atoms with Gasteiger partial charge in [-0.1, -0.05) is 46.8 Å². The van der Waals surface area contributed by atoms with Crippen LogP contribution in [-0.2, 0) is 11.8 Å². The van der Waals surface area contributed by atoms with Gasteiger partial charge in [-0.15, -0.1) is 11.3 Å². The van der Waals surface area contributed by atoms with Gasteiger partial charge < -0.3 is 4.42 Å². The maximum atomic E-state index is 5.78. The minimum Gasteiger partial charge on any atom is -0.469 e. The highest BCUT2D eigenvalue weighted by Gasteiger charge is 2.20. The van der Waals surface area contributed by atoms with E-state index >= 15 is 0 Å². The van der Waals surface area contributed by atoms with Crippen molar-refractivity contribution in [3.8, 4) is 0 Å². The summed E-state index contributed by atoms with van der Waals surface area (Å²) in [6.45, 7) is 11.3. The molecule has 0 amide bonds. The zero-order valence-electron chi connectivity index (χ0n) is 16.0. The highest BCUT2D eigenvalue weighted by atomic mass is 32.2. The van der Waals surface area contributed by atoms with E-state index in [-0.39, 0.29) is 16.3 Å². The molecule has 3 unspecified atom stereocenters. The lowest BCUT2D eigenvalue weighted by Crippen LogP contribution is -2.09. The first kappa shape index (κ1) is 18.6. The van der Waals surface area contributed by atoms with Crippen LogP contribution in [0.5, 0.6) is 0 Å². The quantitative estimate of drug-likeness (QED) is 0.535. The monoisotopic (exact) mass is 374 g/mol. The van der Waals surface area contributed by atoms with Crippen LogP contribution in [0.15, 0.2) is 56.7 Å². The van der Waals surface area contributed by atoms with E-state index in [0.29, 0.717) is 11.8 Å². The molecule has 1 aliphatic heterocycles. The Balaban J connectivity index is 1.59. The highest BCUT2D eigenvalue weighted by molar-refractivity contribution is 8.22. The van der Waals surface area contributed by atoms with E-state index < -0.39 is 0 Å². The fraction of sp³-hybridized carbons (Fsp3) is 0.455. The number of hydrogen-bond acceptors (Lipinski definition) is 2. The molecule has 0 radical (unpaired) electrons. The van der Waals surface area contributed by atoms with Crippen molar-refractivity contribution in [1.29, 1.82) is 0 Å². The maximum absolute atomic E-state index is 5.78. The molecule has 1 nitrogen and oxygen atoms in total. The van der Waals surface area contributed by atoms with Crippen LogP contribution in [0.4, 0.5) is 0 Å². The summed E-state index contributed by atoms with van der Waals surface area (Å²) in [6, 6.07) is 6.66. The van der Waals surface area contributed by atoms with Crippen LogP contribution >= 0.6 is 22.2 Å². The van der Waals surface area contributed by atoms with Gasteiger partial charge in [0.2, 0.25) is 0 Å². The standard InChI is InChI=1S/C22H30OS2/c1-16(11-18-12-21(23-13-18)22(3,4)5)19-8-10-25(15-19)14-17(2)20-7-6-9-24-20/h6-10,12-13,15-17,25H,11,14H2,1-5H3. The predicted octanol–water partition coefficient (Wildman–Crippen LogP) is 7.03. The van der Waals surface area contributed by atoms with Gasteiger partial charge in [-0.25, -0.2) is 10.9 Å². The number of rotatable bonds is 6. The number of allylic oxidation sites excluding steroid dienone is 2. The lowest BCUT2D eigenvalue weighted by molar-refractivity contribution is 0.409. The van der Waals surface area contributed by atoms with Gasteiger partial charge in [0.1, 0.15) is 5.76 Å². The highest BCUT2D eigenvalue weighted by Crippen LogP contribution is 2.43. The molecule has 136 valence electrons. The lowest BCUT2D eigenvalue weighted by Gasteiger charge is -2.16. The van der Waals surface area contributed by atoms with Crippen molar-refractivity contribution in [2.45, 2.75) is 52.4 Å². The second kappa shape index (κ2) is 7.59. The Hall–Kier alpha value is -1.19. The lowest BCUT2D eigenvalue weighted by atomic mass is 9.91. The Morgan fingerprint density at radius 2 is 2.00 bits per heavy atom. The molecule has 0 fully saturated rings. The molecular weight excluding hydrogens is 344 g/mol. The largest absolute Gasteiger partial charge is 0.469 e. The van der Waals surface area contributed by atoms with Gasteiger partial charge in [0.15, 0.2) is 0 Å². The van der Waals surface area contributed by atoms with Gasteiger partial charge in [-0.2, -0.15) is 0 Å². The van der Waals surface area contributed by atoms with Crippen LogP contribution in [-0.4, -0.2) is 5.75 Å². The smallest absolute Gasteiger partial charge is 0.109 e. The van der Waals surface area contributed by atoms with E-state index in [1.165, 1.54) is 21.8 Å². The zero-order chi connectivity index (χ0) is 18.0. The summed E-state index contributed by atoms with van der Waals surface area (Å²) in [5.41, 5.74) is 2.90. The molecule has 2 aromatic heterocycles. The first-order valence-electron chi connectivity index (χ1n) is 9.10. The van der Waals surface area contributed by atoms with Gasteiger partial charge in [-0.3, -0.25) is 0 Å². The van der Waals surface area contributed by atoms with E-state index in [9.17, 15) is 0 Å². The molecule has 2 aromatic rings. The predicted molar refractivity (Wildman–Crippen MR) is 114 cm³/mol. The average molecular weight is 375 g/mol. The molecule has 0 bridgehead atoms. The van der Waals surface area contributed by atoms with Crippen molar-refractivity contribution in [2.75, 3.05) is 5.75 Å². The van der Waals surface area contributed by atoms with Crippen LogP contribution in [0, 0.1) is 5.92 Å². The van der Waals surface area contributed by atoms with Gasteiger partial charge in [-0.05, 0) is 63.5 Å². The fourth-order valence-corrected chi connectivity index (χ4v) is 6.33. The first-order valence-corrected chi connectivity index (χ1v) is 11.6. The maximum Gasteiger partial charge on any atom is 0.109 e. The minimum absolute atomic E-state index is 0.0836. The van der Waals surface area contributed by atoms with Crippen molar-refractivity contribution >= 4 is 22.2 Å². The number of thiophene rings is 1. The topological polar surface area (TPSA) is 13.1 Å². The van der Waals surface area contributed by atoms with Crippen LogP contribution < -0.4 is 0 Å². The summed E-state index contributed by atoms with van der Waals surface area (Å²) in [5.74, 6) is 3.55. The Morgan fingerprint density at radius 1 is 1.20 bits per heavy atom. The van der Waals surface area contributed by atoms with Crippen LogP contribution in [0.2, 0.25) is 0 Å². The average Bonchev–Trinajstić information content (AvgIpc) is 3.28. The van der Waals surface area contributed by atoms with Crippen molar-refractivity contribution in [3.05, 3.63) is 68.5 Å². The van der Waals surface area contributed by atoms with Crippen LogP contribution in [0.1, 0.15) is 56.7 Å². The van der Waals surface area contributed by atoms with Crippen molar-refractivity contribution < 1.29 is 4.42 Å². The SMILES string of the molecule is CC(Cc1coc(C(C)(C)C)c1)C1=C[SH](CC(C)c2cccs2)C=C1. The fourth-order valence-electron chi connectivity index (χ4n) is 3.19. The Kier molecular flexibility index (Phi) is 5.65.